The predicted octanol–water partition coefficient (Wildman–Crippen LogP) is 6.16. The lowest BCUT2D eigenvalue weighted by molar-refractivity contribution is 0.419. The van der Waals surface area contributed by atoms with Gasteiger partial charge >= 0.3 is 0 Å². The van der Waals surface area contributed by atoms with E-state index in [2.05, 4.69) is 68.3 Å². The lowest BCUT2D eigenvalue weighted by Gasteiger charge is -2.14. The van der Waals surface area contributed by atoms with Gasteiger partial charge in [-0.1, -0.05) is 46.3 Å². The molecule has 0 aliphatic heterocycles. The molecule has 0 radical (unpaired) electrons. The van der Waals surface area contributed by atoms with Gasteiger partial charge in [-0.15, -0.1) is 11.3 Å². The SMILES string of the molecule is COc1ccc(C(Br)c2ccc(Br)s2)c2ccccc12. The zero-order valence-electron chi connectivity index (χ0n) is 10.8. The van der Waals surface area contributed by atoms with Gasteiger partial charge in [0.1, 0.15) is 5.75 Å². The number of ether oxygens (including phenoxy) is 1. The van der Waals surface area contributed by atoms with Gasteiger partial charge in [0.25, 0.3) is 0 Å². The molecule has 0 N–H and O–H groups in total. The highest BCUT2D eigenvalue weighted by molar-refractivity contribution is 9.11. The Balaban J connectivity index is 2.17. The second-order valence-electron chi connectivity index (χ2n) is 4.41. The van der Waals surface area contributed by atoms with E-state index in [1.54, 1.807) is 18.4 Å². The first-order valence-electron chi connectivity index (χ1n) is 6.15. The molecule has 0 amide bonds. The summed E-state index contributed by atoms with van der Waals surface area (Å²) in [5.74, 6) is 0.913. The molecule has 4 heteroatoms. The van der Waals surface area contributed by atoms with E-state index >= 15 is 0 Å². The zero-order valence-corrected chi connectivity index (χ0v) is 14.8. The van der Waals surface area contributed by atoms with Crippen molar-refractivity contribution in [1.29, 1.82) is 0 Å². The Hall–Kier alpha value is -0.840. The third-order valence-corrected chi connectivity index (χ3v) is 6.23. The number of halogens is 2. The summed E-state index contributed by atoms with van der Waals surface area (Å²) in [6.07, 6.45) is 0. The molecule has 102 valence electrons. The second-order valence-corrected chi connectivity index (χ2v) is 7.82. The van der Waals surface area contributed by atoms with Crippen LogP contribution in [0, 0.1) is 0 Å². The average Bonchev–Trinajstić information content (AvgIpc) is 2.92. The fourth-order valence-corrected chi connectivity index (χ4v) is 4.56. The smallest absolute Gasteiger partial charge is 0.126 e. The van der Waals surface area contributed by atoms with Gasteiger partial charge in [0.05, 0.1) is 15.7 Å². The van der Waals surface area contributed by atoms with E-state index in [-0.39, 0.29) is 4.83 Å². The molecule has 2 aromatic carbocycles. The summed E-state index contributed by atoms with van der Waals surface area (Å²) >= 11 is 9.09. The summed E-state index contributed by atoms with van der Waals surface area (Å²) in [7, 11) is 1.71. The van der Waals surface area contributed by atoms with Gasteiger partial charge in [-0.25, -0.2) is 0 Å². The van der Waals surface area contributed by atoms with E-state index in [9.17, 15) is 0 Å². The van der Waals surface area contributed by atoms with Crippen LogP contribution in [-0.2, 0) is 0 Å². The summed E-state index contributed by atoms with van der Waals surface area (Å²) in [6.45, 7) is 0. The van der Waals surface area contributed by atoms with Crippen LogP contribution in [0.4, 0.5) is 0 Å². The number of alkyl halides is 1. The van der Waals surface area contributed by atoms with Crippen molar-refractivity contribution in [3.8, 4) is 5.75 Å². The van der Waals surface area contributed by atoms with Gasteiger partial charge in [0, 0.05) is 10.3 Å². The lowest BCUT2D eigenvalue weighted by Crippen LogP contribution is -1.93. The molecule has 0 saturated carbocycles. The molecule has 20 heavy (non-hydrogen) atoms. The van der Waals surface area contributed by atoms with Crippen LogP contribution in [0.15, 0.2) is 52.3 Å². The maximum Gasteiger partial charge on any atom is 0.126 e. The van der Waals surface area contributed by atoms with Crippen molar-refractivity contribution in [3.05, 3.63) is 62.8 Å². The van der Waals surface area contributed by atoms with Gasteiger partial charge in [0.2, 0.25) is 0 Å². The van der Waals surface area contributed by atoms with Crippen molar-refractivity contribution in [2.24, 2.45) is 0 Å². The first kappa shape index (κ1) is 14.1. The van der Waals surface area contributed by atoms with Gasteiger partial charge < -0.3 is 4.74 Å². The van der Waals surface area contributed by atoms with Crippen molar-refractivity contribution < 1.29 is 4.74 Å². The summed E-state index contributed by atoms with van der Waals surface area (Å²) < 4.78 is 6.60. The van der Waals surface area contributed by atoms with Crippen LogP contribution in [0.5, 0.6) is 5.75 Å². The van der Waals surface area contributed by atoms with Crippen LogP contribution in [0.1, 0.15) is 15.3 Å². The fraction of sp³-hybridized carbons (Fsp3) is 0.125. The topological polar surface area (TPSA) is 9.23 Å². The van der Waals surface area contributed by atoms with E-state index in [0.717, 1.165) is 14.9 Å². The molecule has 0 spiro atoms. The number of hydrogen-bond donors (Lipinski definition) is 0. The van der Waals surface area contributed by atoms with E-state index in [1.165, 1.54) is 15.8 Å². The first-order valence-corrected chi connectivity index (χ1v) is 8.68. The molecular weight excluding hydrogens is 400 g/mol. The molecule has 0 saturated heterocycles. The number of rotatable bonds is 3. The second kappa shape index (κ2) is 5.88. The molecule has 0 aliphatic carbocycles. The van der Waals surface area contributed by atoms with Gasteiger partial charge in [-0.05, 0) is 45.1 Å². The third-order valence-electron chi connectivity index (χ3n) is 3.25. The summed E-state index contributed by atoms with van der Waals surface area (Å²) in [5, 5.41) is 2.37. The van der Waals surface area contributed by atoms with Gasteiger partial charge in [0.15, 0.2) is 0 Å². The number of thiophene rings is 1. The Bertz CT molecular complexity index is 751. The van der Waals surface area contributed by atoms with Crippen LogP contribution in [0.2, 0.25) is 0 Å². The highest BCUT2D eigenvalue weighted by Crippen LogP contribution is 2.41. The highest BCUT2D eigenvalue weighted by Gasteiger charge is 2.16. The molecular formula is C16H12Br2OS. The highest BCUT2D eigenvalue weighted by atomic mass is 79.9. The van der Waals surface area contributed by atoms with E-state index in [1.807, 2.05) is 12.1 Å². The van der Waals surface area contributed by atoms with E-state index in [0.29, 0.717) is 0 Å². The van der Waals surface area contributed by atoms with Crippen molar-refractivity contribution in [1.82, 2.24) is 0 Å². The van der Waals surface area contributed by atoms with Crippen LogP contribution < -0.4 is 4.74 Å². The largest absolute Gasteiger partial charge is 0.496 e. The van der Waals surface area contributed by atoms with Crippen LogP contribution in [0.3, 0.4) is 0 Å². The molecule has 0 bridgehead atoms. The number of fused-ring (bicyclic) bond motifs is 1. The summed E-state index contributed by atoms with van der Waals surface area (Å²) in [5.41, 5.74) is 1.26. The minimum atomic E-state index is 0.189. The molecule has 1 nitrogen and oxygen atoms in total. The average molecular weight is 412 g/mol. The first-order chi connectivity index (χ1) is 9.70. The van der Waals surface area contributed by atoms with Crippen molar-refractivity contribution in [3.63, 3.8) is 0 Å². The summed E-state index contributed by atoms with van der Waals surface area (Å²) in [4.78, 5) is 1.47. The van der Waals surface area contributed by atoms with Crippen LogP contribution >= 0.6 is 43.2 Å². The Labute approximate surface area is 138 Å². The molecule has 0 aliphatic rings. The van der Waals surface area contributed by atoms with Crippen molar-refractivity contribution in [2.45, 2.75) is 4.83 Å². The Morgan fingerprint density at radius 3 is 2.40 bits per heavy atom. The quantitative estimate of drug-likeness (QED) is 0.469. The Kier molecular flexibility index (Phi) is 4.15. The van der Waals surface area contributed by atoms with Gasteiger partial charge in [-0.3, -0.25) is 0 Å². The summed E-state index contributed by atoms with van der Waals surface area (Å²) in [6, 6.07) is 16.7. The molecule has 3 rings (SSSR count). The maximum absolute atomic E-state index is 5.45. The monoisotopic (exact) mass is 410 g/mol. The van der Waals surface area contributed by atoms with E-state index in [4.69, 9.17) is 4.74 Å². The third kappa shape index (κ3) is 2.52. The number of benzene rings is 2. The van der Waals surface area contributed by atoms with Crippen LogP contribution in [-0.4, -0.2) is 7.11 Å². The molecule has 1 heterocycles. The van der Waals surface area contributed by atoms with Crippen molar-refractivity contribution in [2.75, 3.05) is 7.11 Å². The minimum absolute atomic E-state index is 0.189. The molecule has 1 aromatic heterocycles. The number of hydrogen-bond acceptors (Lipinski definition) is 2. The maximum atomic E-state index is 5.45. The molecule has 0 fully saturated rings. The predicted molar refractivity (Wildman–Crippen MR) is 93.3 cm³/mol. The van der Waals surface area contributed by atoms with Gasteiger partial charge in [-0.2, -0.15) is 0 Å². The van der Waals surface area contributed by atoms with E-state index < -0.39 is 0 Å². The van der Waals surface area contributed by atoms with Crippen LogP contribution in [0.25, 0.3) is 10.8 Å². The number of methoxy groups -OCH3 is 1. The molecule has 1 unspecified atom stereocenters. The lowest BCUT2D eigenvalue weighted by atomic mass is 10.0. The minimum Gasteiger partial charge on any atom is -0.496 e. The standard InChI is InChI=1S/C16H12Br2OS/c1-19-13-7-6-12(10-4-2-3-5-11(10)13)16(18)14-8-9-15(17)20-14/h2-9,16H,1H3. The Morgan fingerprint density at radius 2 is 1.75 bits per heavy atom. The molecule has 3 aromatic rings. The van der Waals surface area contributed by atoms with Crippen molar-refractivity contribution >= 4 is 54.0 Å². The fourth-order valence-electron chi connectivity index (χ4n) is 2.31. The Morgan fingerprint density at radius 1 is 1.00 bits per heavy atom. The zero-order chi connectivity index (χ0) is 14.1. The molecule has 1 atom stereocenters. The normalized spacial score (nSPS) is 12.6.